The average molecular weight is 720 g/mol. The van der Waals surface area contributed by atoms with Crippen LogP contribution in [-0.4, -0.2) is 45.9 Å². The molecule has 0 radical (unpaired) electrons. The van der Waals surface area contributed by atoms with Gasteiger partial charge in [0.2, 0.25) is 17.7 Å². The number of hydrogen-bond acceptors (Lipinski definition) is 6. The molecule has 2 aliphatic heterocycles. The number of carbonyl (C=O) groups is 4. The third-order valence-electron chi connectivity index (χ3n) is 9.56. The molecule has 4 saturated carbocycles. The van der Waals surface area contributed by atoms with Gasteiger partial charge in [0.05, 0.1) is 6.42 Å². The summed E-state index contributed by atoms with van der Waals surface area (Å²) in [6.07, 6.45) is 8.62. The Hall–Kier alpha value is -1.79. The van der Waals surface area contributed by atoms with Crippen molar-refractivity contribution < 1.29 is 19.2 Å². The zero-order valence-corrected chi connectivity index (χ0v) is 28.0. The summed E-state index contributed by atoms with van der Waals surface area (Å²) >= 11 is 5.67. The molecule has 7 rings (SSSR count). The monoisotopic (exact) mass is 719 g/mol. The van der Waals surface area contributed by atoms with Crippen molar-refractivity contribution >= 4 is 69.7 Å². The Labute approximate surface area is 270 Å². The Balaban J connectivity index is 1.05. The van der Waals surface area contributed by atoms with E-state index >= 15 is 0 Å². The van der Waals surface area contributed by atoms with Crippen molar-refractivity contribution in [1.29, 1.82) is 0 Å². The van der Waals surface area contributed by atoms with Crippen LogP contribution in [0.4, 0.5) is 0 Å². The van der Waals surface area contributed by atoms with E-state index in [2.05, 4.69) is 52.5 Å². The van der Waals surface area contributed by atoms with Crippen LogP contribution < -0.4 is 10.6 Å². The van der Waals surface area contributed by atoms with Gasteiger partial charge in [0, 0.05) is 38.3 Å². The Bertz CT molecular complexity index is 1350. The topological polar surface area (TPSA) is 95.6 Å². The first-order valence-corrected chi connectivity index (χ1v) is 17.9. The van der Waals surface area contributed by atoms with Crippen molar-refractivity contribution in [3.63, 3.8) is 0 Å². The molecule has 4 amide bonds. The minimum Gasteiger partial charge on any atom is -0.350 e. The Morgan fingerprint density at radius 3 is 2.45 bits per heavy atom. The number of nitrogens with zero attached hydrogens (tertiary/aromatic N) is 1. The van der Waals surface area contributed by atoms with Gasteiger partial charge in [0.1, 0.15) is 6.04 Å². The molecule has 1 aromatic rings. The Morgan fingerprint density at radius 2 is 1.81 bits per heavy atom. The lowest BCUT2D eigenvalue weighted by molar-refractivity contribution is -0.137. The van der Waals surface area contributed by atoms with E-state index < -0.39 is 11.9 Å². The van der Waals surface area contributed by atoms with E-state index in [1.54, 1.807) is 28.4 Å². The highest BCUT2D eigenvalue weighted by Crippen LogP contribution is 2.55. The molecule has 2 N–H and O–H groups in total. The minimum absolute atomic E-state index is 0.0444. The number of imide groups is 1. The number of halogens is 1. The highest BCUT2D eigenvalue weighted by atomic mass is 127. The van der Waals surface area contributed by atoms with Gasteiger partial charge < -0.3 is 10.2 Å². The Kier molecular flexibility index (Phi) is 8.86. The summed E-state index contributed by atoms with van der Waals surface area (Å²) in [5, 5.41) is 7.96. The van der Waals surface area contributed by atoms with Crippen LogP contribution in [0.5, 0.6) is 0 Å². The van der Waals surface area contributed by atoms with Crippen LogP contribution in [0, 0.1) is 17.8 Å². The number of piperidine rings is 1. The molecule has 1 atom stereocenters. The maximum absolute atomic E-state index is 13.2. The molecule has 1 unspecified atom stereocenters. The predicted molar refractivity (Wildman–Crippen MR) is 175 cm³/mol. The molecule has 7 nitrogen and oxygen atoms in total. The van der Waals surface area contributed by atoms with Crippen LogP contribution >= 0.6 is 46.1 Å². The fraction of sp³-hybridized carbons (Fsp3) is 0.562. The van der Waals surface area contributed by atoms with Crippen molar-refractivity contribution in [1.82, 2.24) is 15.5 Å². The fourth-order valence-corrected chi connectivity index (χ4v) is 10.9. The van der Waals surface area contributed by atoms with Crippen molar-refractivity contribution in [2.75, 3.05) is 5.75 Å². The van der Waals surface area contributed by atoms with E-state index in [0.29, 0.717) is 24.9 Å². The van der Waals surface area contributed by atoms with Gasteiger partial charge in [0.25, 0.3) is 5.91 Å². The molecule has 0 aromatic heterocycles. The van der Waals surface area contributed by atoms with Gasteiger partial charge in [-0.2, -0.15) is 0 Å². The molecular formula is C32H38IN3O4S2. The van der Waals surface area contributed by atoms with Crippen LogP contribution in [0.25, 0.3) is 0 Å². The molecule has 2 heterocycles. The summed E-state index contributed by atoms with van der Waals surface area (Å²) in [6.45, 7) is 4.58. The number of allylic oxidation sites excluding steroid dienone is 1. The smallest absolute Gasteiger partial charge is 0.255 e. The molecule has 42 heavy (non-hydrogen) atoms. The molecule has 1 aromatic carbocycles. The third-order valence-corrected chi connectivity index (χ3v) is 13.2. The van der Waals surface area contributed by atoms with Gasteiger partial charge in [-0.1, -0.05) is 11.6 Å². The first-order chi connectivity index (χ1) is 20.1. The van der Waals surface area contributed by atoms with E-state index in [0.717, 1.165) is 37.5 Å². The zero-order chi connectivity index (χ0) is 29.6. The SMILES string of the molecule is CC(C)=C(CSc1cccc2c1CN(C1CCC(=O)NC1=O)C2=O)S/C=C(\I)CC(=O)NC12CC3CC(CC(C3)C1)C2. The first-order valence-electron chi connectivity index (χ1n) is 15.0. The number of rotatable bonds is 9. The second-order valence-electron chi connectivity index (χ2n) is 13.0. The van der Waals surface area contributed by atoms with Crippen molar-refractivity contribution in [3.05, 3.63) is 48.8 Å². The number of carbonyl (C=O) groups excluding carboxylic acids is 4. The van der Waals surface area contributed by atoms with Crippen LogP contribution in [-0.2, 0) is 20.9 Å². The number of thioether (sulfide) groups is 2. The maximum Gasteiger partial charge on any atom is 0.255 e. The summed E-state index contributed by atoms with van der Waals surface area (Å²) in [5.41, 5.74) is 2.85. The van der Waals surface area contributed by atoms with Gasteiger partial charge in [-0.15, -0.1) is 23.5 Å². The zero-order valence-electron chi connectivity index (χ0n) is 24.2. The first kappa shape index (κ1) is 30.2. The van der Waals surface area contributed by atoms with Crippen LogP contribution in [0.3, 0.4) is 0 Å². The van der Waals surface area contributed by atoms with Crippen molar-refractivity contribution in [2.45, 2.75) is 94.7 Å². The molecule has 0 spiro atoms. The predicted octanol–water partition coefficient (Wildman–Crippen LogP) is 6.32. The van der Waals surface area contributed by atoms with Crippen molar-refractivity contribution in [2.24, 2.45) is 17.8 Å². The minimum atomic E-state index is -0.614. The van der Waals surface area contributed by atoms with E-state index in [9.17, 15) is 19.2 Å². The van der Waals surface area contributed by atoms with Gasteiger partial charge in [-0.25, -0.2) is 0 Å². The lowest BCUT2D eigenvalue weighted by Gasteiger charge is -2.56. The molecule has 4 bridgehead atoms. The van der Waals surface area contributed by atoms with Crippen LogP contribution in [0.2, 0.25) is 0 Å². The second-order valence-corrected chi connectivity index (χ2v) is 16.4. The van der Waals surface area contributed by atoms with Gasteiger partial charge in [0.15, 0.2) is 0 Å². The largest absolute Gasteiger partial charge is 0.350 e. The molecular weight excluding hydrogens is 681 g/mol. The summed E-state index contributed by atoms with van der Waals surface area (Å²) in [5.74, 6) is 2.50. The Morgan fingerprint density at radius 1 is 1.12 bits per heavy atom. The number of fused-ring (bicyclic) bond motifs is 1. The van der Waals surface area contributed by atoms with E-state index in [1.165, 1.54) is 49.0 Å². The van der Waals surface area contributed by atoms with E-state index in [1.807, 2.05) is 18.2 Å². The third kappa shape index (κ3) is 6.36. The van der Waals surface area contributed by atoms with E-state index in [-0.39, 0.29) is 29.7 Å². The standard InChI is InChI=1S/C32H38IN3O4S2/c1-18(2)27(41-16-22(33)11-29(38)35-32-12-19-8-20(13-32)10-21(9-19)14-32)17-42-26-5-3-4-23-24(26)15-36(31(23)40)25-6-7-28(37)34-30(25)39/h3-5,16,19-21,25H,6-15,17H2,1-2H3,(H,35,38)(H,34,37,39)/b22-16-. The highest BCUT2D eigenvalue weighted by Gasteiger charge is 2.51. The van der Waals surface area contributed by atoms with Gasteiger partial charge in [-0.3, -0.25) is 24.5 Å². The number of amides is 4. The van der Waals surface area contributed by atoms with E-state index in [4.69, 9.17) is 0 Å². The molecule has 10 heteroatoms. The molecule has 1 saturated heterocycles. The lowest BCUT2D eigenvalue weighted by atomic mass is 9.53. The quantitative estimate of drug-likeness (QED) is 0.176. The van der Waals surface area contributed by atoms with Crippen molar-refractivity contribution in [3.8, 4) is 0 Å². The second kappa shape index (κ2) is 12.3. The number of nitrogens with one attached hydrogen (secondary N) is 2. The normalized spacial score (nSPS) is 29.9. The lowest BCUT2D eigenvalue weighted by Crippen LogP contribution is -2.59. The molecule has 6 aliphatic rings. The maximum atomic E-state index is 13.2. The highest BCUT2D eigenvalue weighted by molar-refractivity contribution is 14.1. The average Bonchev–Trinajstić information content (AvgIpc) is 3.24. The summed E-state index contributed by atoms with van der Waals surface area (Å²) in [7, 11) is 0. The number of hydrogen-bond donors (Lipinski definition) is 2. The van der Waals surface area contributed by atoms with Gasteiger partial charge >= 0.3 is 0 Å². The van der Waals surface area contributed by atoms with Crippen LogP contribution in [0.15, 0.2) is 42.6 Å². The molecule has 5 fully saturated rings. The molecule has 4 aliphatic carbocycles. The number of benzene rings is 1. The summed E-state index contributed by atoms with van der Waals surface area (Å²) in [4.78, 5) is 54.2. The summed E-state index contributed by atoms with van der Waals surface area (Å²) in [6, 6.07) is 5.14. The van der Waals surface area contributed by atoms with Crippen LogP contribution in [0.1, 0.15) is 87.6 Å². The van der Waals surface area contributed by atoms with Gasteiger partial charge in [-0.05, 0) is 127 Å². The molecule has 224 valence electrons. The fourth-order valence-electron chi connectivity index (χ4n) is 8.07. The summed E-state index contributed by atoms with van der Waals surface area (Å²) < 4.78 is 1.04.